The quantitative estimate of drug-likeness (QED) is 0.132. The van der Waals surface area contributed by atoms with Gasteiger partial charge in [0.25, 0.3) is 0 Å². The molecule has 0 saturated heterocycles. The first-order valence-corrected chi connectivity index (χ1v) is 28.8. The van der Waals surface area contributed by atoms with E-state index in [1.165, 1.54) is 120 Å². The molecule has 0 N–H and O–H groups in total. The van der Waals surface area contributed by atoms with Gasteiger partial charge in [-0.15, -0.1) is 11.3 Å². The summed E-state index contributed by atoms with van der Waals surface area (Å²) in [5.41, 5.74) is 23.1. The molecular formula is C78H55NS. The number of thiophene rings is 1. The Balaban J connectivity index is 0.785. The molecule has 2 heteroatoms. The number of anilines is 3. The smallest absolute Gasteiger partial charge is 0.0679 e. The van der Waals surface area contributed by atoms with Crippen molar-refractivity contribution in [1.29, 1.82) is 0 Å². The molecule has 0 spiro atoms. The molecule has 0 radical (unpaired) electrons. The van der Waals surface area contributed by atoms with Crippen LogP contribution < -0.4 is 4.90 Å². The van der Waals surface area contributed by atoms with Crippen LogP contribution in [0.5, 0.6) is 0 Å². The molecule has 2 aliphatic carbocycles. The summed E-state index contributed by atoms with van der Waals surface area (Å²) in [6.07, 6.45) is 8.02. The van der Waals surface area contributed by atoms with Crippen molar-refractivity contribution in [3.05, 3.63) is 320 Å². The summed E-state index contributed by atoms with van der Waals surface area (Å²) in [7, 11) is 0. The molecule has 15 rings (SSSR count). The van der Waals surface area contributed by atoms with Crippen molar-refractivity contribution >= 4 is 59.3 Å². The molecule has 378 valence electrons. The van der Waals surface area contributed by atoms with E-state index in [-0.39, 0.29) is 0 Å². The zero-order chi connectivity index (χ0) is 53.2. The van der Waals surface area contributed by atoms with Crippen LogP contribution in [0.4, 0.5) is 17.1 Å². The summed E-state index contributed by atoms with van der Waals surface area (Å²) in [6, 6.07) is 104. The van der Waals surface area contributed by atoms with Crippen LogP contribution in [0.3, 0.4) is 0 Å². The largest absolute Gasteiger partial charge is 0.311 e. The van der Waals surface area contributed by atoms with Gasteiger partial charge < -0.3 is 4.90 Å². The van der Waals surface area contributed by atoms with Gasteiger partial charge in [0.05, 0.1) is 5.41 Å². The fourth-order valence-electron chi connectivity index (χ4n) is 13.1. The standard InChI is InChI=1S/C78H55NS/c1-52-15-5-10-25-72(52)78(64-20-3-2-4-21-64)73-26-11-8-22-69(73)70-48-41-63(51-74(70)78)57-37-44-66(45-38-57)79(67-46-39-58(40-47-67)68-24-14-28-76-77(68)71-23-9-12-27-75(71)80-76)65-42-35-55(36-43-65)54-29-31-56(32-30-54)60-18-13-19-61(49-60)62-34-33-53-16-6-7-17-59(53)50-62/h2-14,16-52H,15H2,1H3. The molecule has 1 nitrogen and oxygen atoms in total. The van der Waals surface area contributed by atoms with Crippen LogP contribution in [0.2, 0.25) is 0 Å². The van der Waals surface area contributed by atoms with Gasteiger partial charge in [0.15, 0.2) is 0 Å². The highest BCUT2D eigenvalue weighted by atomic mass is 32.1. The third-order valence-corrected chi connectivity index (χ3v) is 18.2. The first-order valence-electron chi connectivity index (χ1n) is 27.9. The highest BCUT2D eigenvalue weighted by Crippen LogP contribution is 2.59. The average molecular weight is 1040 g/mol. The lowest BCUT2D eigenvalue weighted by atomic mass is 9.62. The van der Waals surface area contributed by atoms with Crippen molar-refractivity contribution in [2.75, 3.05) is 4.90 Å². The van der Waals surface area contributed by atoms with Crippen molar-refractivity contribution in [2.24, 2.45) is 5.92 Å². The number of fused-ring (bicyclic) bond motifs is 7. The third-order valence-electron chi connectivity index (χ3n) is 17.0. The minimum Gasteiger partial charge on any atom is -0.311 e. The molecule has 1 aromatic heterocycles. The van der Waals surface area contributed by atoms with Gasteiger partial charge in [-0.2, -0.15) is 0 Å². The Morgan fingerprint density at radius 2 is 0.887 bits per heavy atom. The van der Waals surface area contributed by atoms with E-state index in [1.807, 2.05) is 11.3 Å². The Morgan fingerprint density at radius 1 is 0.375 bits per heavy atom. The minimum atomic E-state index is -0.405. The maximum atomic E-state index is 2.49. The second-order valence-corrected chi connectivity index (χ2v) is 22.7. The van der Waals surface area contributed by atoms with Crippen LogP contribution in [0.1, 0.15) is 30.0 Å². The van der Waals surface area contributed by atoms with Crippen molar-refractivity contribution in [3.63, 3.8) is 0 Å². The van der Waals surface area contributed by atoms with E-state index in [9.17, 15) is 0 Å². The number of benzene rings is 12. The van der Waals surface area contributed by atoms with E-state index in [4.69, 9.17) is 0 Å². The predicted octanol–water partition coefficient (Wildman–Crippen LogP) is 21.8. The van der Waals surface area contributed by atoms with E-state index >= 15 is 0 Å². The van der Waals surface area contributed by atoms with Crippen LogP contribution in [0.15, 0.2) is 303 Å². The second kappa shape index (κ2) is 19.7. The number of hydrogen-bond donors (Lipinski definition) is 0. The number of hydrogen-bond acceptors (Lipinski definition) is 2. The molecule has 0 aliphatic heterocycles. The predicted molar refractivity (Wildman–Crippen MR) is 341 cm³/mol. The molecule has 0 amide bonds. The summed E-state index contributed by atoms with van der Waals surface area (Å²) < 4.78 is 2.63. The molecule has 2 aliphatic rings. The maximum absolute atomic E-state index is 2.49. The van der Waals surface area contributed by atoms with Gasteiger partial charge in [-0.05, 0) is 179 Å². The minimum absolute atomic E-state index is 0.386. The molecule has 0 bridgehead atoms. The monoisotopic (exact) mass is 1040 g/mol. The molecule has 2 atom stereocenters. The molecule has 12 aromatic carbocycles. The molecular weight excluding hydrogens is 983 g/mol. The SMILES string of the molecule is CC1CC=CC=C1C1(c2ccccc2)c2ccccc2-c2ccc(-c3ccc(N(c4ccc(-c5ccc(-c6cccc(-c7ccc8ccccc8c7)c6)cc5)cc4)c4ccc(-c5cccc6sc7ccccc7c56)cc4)cc3)cc21. The lowest BCUT2D eigenvalue weighted by Gasteiger charge is -2.39. The maximum Gasteiger partial charge on any atom is 0.0679 e. The molecule has 2 unspecified atom stereocenters. The second-order valence-electron chi connectivity index (χ2n) is 21.6. The third kappa shape index (κ3) is 8.06. The van der Waals surface area contributed by atoms with Crippen molar-refractivity contribution in [2.45, 2.75) is 18.8 Å². The number of allylic oxidation sites excluding steroid dienone is 4. The zero-order valence-corrected chi connectivity index (χ0v) is 45.2. The summed E-state index contributed by atoms with van der Waals surface area (Å²) in [5.74, 6) is 0.386. The Kier molecular flexibility index (Phi) is 11.7. The topological polar surface area (TPSA) is 3.24 Å². The van der Waals surface area contributed by atoms with Crippen molar-refractivity contribution in [3.8, 4) is 66.8 Å². The Hall–Kier alpha value is -9.60. The first kappa shape index (κ1) is 47.6. The fourth-order valence-corrected chi connectivity index (χ4v) is 14.3. The molecule has 0 fully saturated rings. The van der Waals surface area contributed by atoms with Gasteiger partial charge in [-0.25, -0.2) is 0 Å². The van der Waals surface area contributed by atoms with Gasteiger partial charge in [0, 0.05) is 37.2 Å². The Bertz CT molecular complexity index is 4540. The van der Waals surface area contributed by atoms with Crippen molar-refractivity contribution < 1.29 is 0 Å². The summed E-state index contributed by atoms with van der Waals surface area (Å²) >= 11 is 1.87. The summed E-state index contributed by atoms with van der Waals surface area (Å²) in [4.78, 5) is 2.40. The molecule has 80 heavy (non-hydrogen) atoms. The van der Waals surface area contributed by atoms with E-state index in [0.29, 0.717) is 5.92 Å². The van der Waals surface area contributed by atoms with Gasteiger partial charge in [0.1, 0.15) is 0 Å². The van der Waals surface area contributed by atoms with Crippen LogP contribution in [0, 0.1) is 5.92 Å². The molecule has 1 heterocycles. The number of rotatable bonds is 10. The van der Waals surface area contributed by atoms with Gasteiger partial charge in [-0.1, -0.05) is 237 Å². The lowest BCUT2D eigenvalue weighted by molar-refractivity contribution is 0.576. The van der Waals surface area contributed by atoms with Gasteiger partial charge in [0.2, 0.25) is 0 Å². The first-order chi connectivity index (χ1) is 39.5. The highest BCUT2D eigenvalue weighted by Gasteiger charge is 2.48. The van der Waals surface area contributed by atoms with E-state index in [0.717, 1.165) is 23.5 Å². The highest BCUT2D eigenvalue weighted by molar-refractivity contribution is 7.25. The zero-order valence-electron chi connectivity index (χ0n) is 44.4. The van der Waals surface area contributed by atoms with E-state index < -0.39 is 5.41 Å². The van der Waals surface area contributed by atoms with Crippen LogP contribution in [-0.4, -0.2) is 0 Å². The molecule has 13 aromatic rings. The van der Waals surface area contributed by atoms with Crippen LogP contribution >= 0.6 is 11.3 Å². The van der Waals surface area contributed by atoms with Gasteiger partial charge in [-0.3, -0.25) is 0 Å². The Labute approximate surface area is 472 Å². The lowest BCUT2D eigenvalue weighted by Crippen LogP contribution is -2.33. The fraction of sp³-hybridized carbons (Fsp3) is 0.0513. The van der Waals surface area contributed by atoms with Crippen molar-refractivity contribution in [1.82, 2.24) is 0 Å². The van der Waals surface area contributed by atoms with Gasteiger partial charge >= 0.3 is 0 Å². The average Bonchev–Trinajstić information content (AvgIpc) is 4.26. The van der Waals surface area contributed by atoms with E-state index in [1.54, 1.807) is 0 Å². The van der Waals surface area contributed by atoms with E-state index in [2.05, 4.69) is 309 Å². The summed E-state index contributed by atoms with van der Waals surface area (Å²) in [5, 5.41) is 5.15. The molecule has 0 saturated carbocycles. The van der Waals surface area contributed by atoms with Crippen LogP contribution in [0.25, 0.3) is 97.7 Å². The number of nitrogens with zero attached hydrogens (tertiary/aromatic N) is 1. The van der Waals surface area contributed by atoms with Crippen LogP contribution in [-0.2, 0) is 5.41 Å². The summed E-state index contributed by atoms with van der Waals surface area (Å²) in [6.45, 7) is 2.40. The Morgan fingerprint density at radius 3 is 1.61 bits per heavy atom. The normalized spacial score (nSPS) is 15.5.